The average Bonchev–Trinajstić information content (AvgIpc) is 2.34. The van der Waals surface area contributed by atoms with E-state index in [0.717, 1.165) is 15.4 Å². The summed E-state index contributed by atoms with van der Waals surface area (Å²) in [5, 5.41) is 19.4. The van der Waals surface area contributed by atoms with Crippen LogP contribution in [0.15, 0.2) is 52.3 Å². The zero-order valence-corrected chi connectivity index (χ0v) is 11.3. The Bertz CT molecular complexity index is 511. The molecule has 0 bridgehead atoms. The Morgan fingerprint density at radius 1 is 0.941 bits per heavy atom. The number of phenols is 2. The first-order valence-corrected chi connectivity index (χ1v) is 6.97. The Morgan fingerprint density at radius 2 is 1.59 bits per heavy atom. The molecule has 2 N–H and O–H groups in total. The van der Waals surface area contributed by atoms with Crippen LogP contribution in [0.3, 0.4) is 0 Å². The van der Waals surface area contributed by atoms with Crippen LogP contribution in [0.4, 0.5) is 0 Å². The van der Waals surface area contributed by atoms with Gasteiger partial charge in [-0.25, -0.2) is 0 Å². The number of hydrogen-bond donors (Lipinski definition) is 2. The normalized spacial score (nSPS) is 10.4. The molecule has 0 heterocycles. The van der Waals surface area contributed by atoms with Crippen molar-refractivity contribution < 1.29 is 10.2 Å². The number of benzene rings is 2. The molecule has 0 spiro atoms. The summed E-state index contributed by atoms with van der Waals surface area (Å²) in [4.78, 5) is 2.11. The molecule has 2 rings (SSSR count). The summed E-state index contributed by atoms with van der Waals surface area (Å²) in [7, 11) is 0. The fourth-order valence-electron chi connectivity index (χ4n) is 1.38. The van der Waals surface area contributed by atoms with Crippen LogP contribution in [0.2, 0.25) is 0 Å². The van der Waals surface area contributed by atoms with Crippen LogP contribution in [0.25, 0.3) is 0 Å². The van der Waals surface area contributed by atoms with E-state index in [1.165, 1.54) is 0 Å². The molecule has 0 aliphatic rings. The second-order valence-corrected chi connectivity index (χ2v) is 5.23. The lowest BCUT2D eigenvalue weighted by atomic mass is 10.2. The summed E-state index contributed by atoms with van der Waals surface area (Å²) in [5.74, 6) is 0.568. The van der Waals surface area contributed by atoms with Gasteiger partial charge in [0, 0.05) is 20.7 Å². The lowest BCUT2D eigenvalue weighted by Gasteiger charge is -2.05. The van der Waals surface area contributed by atoms with Crippen molar-refractivity contribution in [2.24, 2.45) is 0 Å². The summed E-state index contributed by atoms with van der Waals surface area (Å²) in [5.41, 5.74) is 0.869. The Labute approximate surface area is 112 Å². The highest BCUT2D eigenvalue weighted by molar-refractivity contribution is 9.08. The van der Waals surface area contributed by atoms with Gasteiger partial charge in [0.2, 0.25) is 0 Å². The number of alkyl halides is 1. The van der Waals surface area contributed by atoms with Crippen LogP contribution in [-0.2, 0) is 5.33 Å². The highest BCUT2D eigenvalue weighted by Gasteiger charge is 2.03. The SMILES string of the molecule is Oc1ccc(Sc2ccc(O)c(CBr)c2)cc1. The van der Waals surface area contributed by atoms with E-state index in [9.17, 15) is 10.2 Å². The lowest BCUT2D eigenvalue weighted by molar-refractivity contribution is 0.470. The molecular weight excluding hydrogens is 300 g/mol. The summed E-state index contributed by atoms with van der Waals surface area (Å²) in [6.45, 7) is 0. The maximum Gasteiger partial charge on any atom is 0.119 e. The van der Waals surface area contributed by atoms with Crippen molar-refractivity contribution in [3.8, 4) is 11.5 Å². The first-order valence-electron chi connectivity index (χ1n) is 5.04. The van der Waals surface area contributed by atoms with Crippen molar-refractivity contribution in [1.82, 2.24) is 0 Å². The second-order valence-electron chi connectivity index (χ2n) is 3.52. The number of aromatic hydroxyl groups is 2. The van der Waals surface area contributed by atoms with Gasteiger partial charge >= 0.3 is 0 Å². The summed E-state index contributed by atoms with van der Waals surface area (Å²) >= 11 is 4.93. The van der Waals surface area contributed by atoms with E-state index in [1.807, 2.05) is 24.3 Å². The van der Waals surface area contributed by atoms with Crippen LogP contribution in [0, 0.1) is 0 Å². The van der Waals surface area contributed by atoms with E-state index in [4.69, 9.17) is 0 Å². The predicted molar refractivity (Wildman–Crippen MR) is 73.0 cm³/mol. The molecule has 2 nitrogen and oxygen atoms in total. The minimum atomic E-state index is 0.265. The van der Waals surface area contributed by atoms with Crippen LogP contribution < -0.4 is 0 Å². The van der Waals surface area contributed by atoms with Crippen molar-refractivity contribution in [2.45, 2.75) is 15.1 Å². The molecule has 17 heavy (non-hydrogen) atoms. The van der Waals surface area contributed by atoms with Gasteiger partial charge in [-0.2, -0.15) is 0 Å². The Balaban J connectivity index is 2.21. The smallest absolute Gasteiger partial charge is 0.119 e. The average molecular weight is 311 g/mol. The Morgan fingerprint density at radius 3 is 2.24 bits per heavy atom. The minimum Gasteiger partial charge on any atom is -0.508 e. The van der Waals surface area contributed by atoms with Gasteiger partial charge < -0.3 is 10.2 Å². The molecule has 0 saturated carbocycles. The van der Waals surface area contributed by atoms with Crippen LogP contribution in [0.5, 0.6) is 11.5 Å². The third-order valence-corrected chi connectivity index (χ3v) is 3.87. The zero-order chi connectivity index (χ0) is 12.3. The molecule has 0 aromatic heterocycles. The van der Waals surface area contributed by atoms with Gasteiger partial charge in [0.05, 0.1) is 0 Å². The summed E-state index contributed by atoms with van der Waals surface area (Å²) < 4.78 is 0. The molecule has 2 aromatic rings. The fourth-order valence-corrected chi connectivity index (χ4v) is 2.71. The zero-order valence-electron chi connectivity index (χ0n) is 8.93. The monoisotopic (exact) mass is 310 g/mol. The quantitative estimate of drug-likeness (QED) is 0.837. The van der Waals surface area contributed by atoms with E-state index >= 15 is 0 Å². The van der Waals surface area contributed by atoms with Gasteiger partial charge in [-0.1, -0.05) is 27.7 Å². The molecule has 2 aromatic carbocycles. The predicted octanol–water partition coefficient (Wildman–Crippen LogP) is 4.14. The second kappa shape index (κ2) is 5.47. The molecule has 0 radical (unpaired) electrons. The largest absolute Gasteiger partial charge is 0.508 e. The maximum absolute atomic E-state index is 9.57. The van der Waals surface area contributed by atoms with E-state index < -0.39 is 0 Å². The van der Waals surface area contributed by atoms with Crippen molar-refractivity contribution in [2.75, 3.05) is 0 Å². The van der Waals surface area contributed by atoms with Crippen LogP contribution in [0.1, 0.15) is 5.56 Å². The van der Waals surface area contributed by atoms with E-state index in [1.54, 1.807) is 30.0 Å². The standard InChI is InChI=1S/C13H11BrO2S/c14-8-9-7-12(5-6-13(9)16)17-11-3-1-10(15)2-4-11/h1-7,15-16H,8H2. The van der Waals surface area contributed by atoms with Gasteiger partial charge in [-0.05, 0) is 42.5 Å². The molecule has 0 atom stereocenters. The van der Waals surface area contributed by atoms with E-state index in [2.05, 4.69) is 15.9 Å². The number of halogens is 1. The molecule has 0 unspecified atom stereocenters. The molecule has 0 saturated heterocycles. The molecule has 0 amide bonds. The van der Waals surface area contributed by atoms with Crippen molar-refractivity contribution >= 4 is 27.7 Å². The van der Waals surface area contributed by atoms with Gasteiger partial charge in [0.1, 0.15) is 11.5 Å². The van der Waals surface area contributed by atoms with E-state index in [0.29, 0.717) is 11.1 Å². The highest BCUT2D eigenvalue weighted by atomic mass is 79.9. The van der Waals surface area contributed by atoms with Crippen molar-refractivity contribution in [1.29, 1.82) is 0 Å². The molecular formula is C13H11BrO2S. The molecule has 0 aliphatic heterocycles. The first-order chi connectivity index (χ1) is 8.19. The third-order valence-electron chi connectivity index (χ3n) is 2.27. The summed E-state index contributed by atoms with van der Waals surface area (Å²) in [6, 6.07) is 12.6. The van der Waals surface area contributed by atoms with Gasteiger partial charge in [0.15, 0.2) is 0 Å². The molecule has 0 fully saturated rings. The number of phenolic OH excluding ortho intramolecular Hbond substituents is 2. The highest BCUT2D eigenvalue weighted by Crippen LogP contribution is 2.32. The maximum atomic E-state index is 9.57. The first kappa shape index (κ1) is 12.3. The Hall–Kier alpha value is -1.13. The third kappa shape index (κ3) is 3.17. The minimum absolute atomic E-state index is 0.265. The van der Waals surface area contributed by atoms with Crippen molar-refractivity contribution in [3.05, 3.63) is 48.0 Å². The van der Waals surface area contributed by atoms with Crippen molar-refractivity contribution in [3.63, 3.8) is 0 Å². The lowest BCUT2D eigenvalue weighted by Crippen LogP contribution is -1.81. The molecule has 4 heteroatoms. The van der Waals surface area contributed by atoms with Crippen LogP contribution in [-0.4, -0.2) is 10.2 Å². The van der Waals surface area contributed by atoms with E-state index in [-0.39, 0.29) is 5.75 Å². The van der Waals surface area contributed by atoms with Gasteiger partial charge in [-0.15, -0.1) is 0 Å². The molecule has 88 valence electrons. The number of rotatable bonds is 3. The summed E-state index contributed by atoms with van der Waals surface area (Å²) in [6.07, 6.45) is 0. The topological polar surface area (TPSA) is 40.5 Å². The molecule has 0 aliphatic carbocycles. The number of hydrogen-bond acceptors (Lipinski definition) is 3. The van der Waals surface area contributed by atoms with Crippen LogP contribution >= 0.6 is 27.7 Å². The Kier molecular flexibility index (Phi) is 3.97. The fraction of sp³-hybridized carbons (Fsp3) is 0.0769. The van der Waals surface area contributed by atoms with Gasteiger partial charge in [-0.3, -0.25) is 0 Å². The van der Waals surface area contributed by atoms with Gasteiger partial charge in [0.25, 0.3) is 0 Å².